The summed E-state index contributed by atoms with van der Waals surface area (Å²) in [6.07, 6.45) is 1.70. The van der Waals surface area contributed by atoms with Crippen molar-refractivity contribution in [3.63, 3.8) is 0 Å². The topological polar surface area (TPSA) is 97.5 Å². The predicted octanol–water partition coefficient (Wildman–Crippen LogP) is 3.00. The number of ether oxygens (including phenoxy) is 1. The lowest BCUT2D eigenvalue weighted by atomic mass is 10.1. The van der Waals surface area contributed by atoms with Crippen LogP contribution >= 0.6 is 11.3 Å². The molecule has 0 atom stereocenters. The van der Waals surface area contributed by atoms with Gasteiger partial charge in [0.1, 0.15) is 17.1 Å². The van der Waals surface area contributed by atoms with Gasteiger partial charge in [0.2, 0.25) is 0 Å². The van der Waals surface area contributed by atoms with Gasteiger partial charge < -0.3 is 15.6 Å². The van der Waals surface area contributed by atoms with E-state index in [-0.39, 0.29) is 0 Å². The lowest BCUT2D eigenvalue weighted by Crippen LogP contribution is -2.14. The largest absolute Gasteiger partial charge is 0.469 e. The molecule has 0 unspecified atom stereocenters. The lowest BCUT2D eigenvalue weighted by Gasteiger charge is -2.10. The van der Waals surface area contributed by atoms with Crippen LogP contribution in [0.25, 0.3) is 10.2 Å². The average molecular weight is 370 g/mol. The zero-order chi connectivity index (χ0) is 18.7. The highest BCUT2D eigenvalue weighted by atomic mass is 32.1. The first-order chi connectivity index (χ1) is 12.6. The Morgan fingerprint density at radius 2 is 2.08 bits per heavy atom. The van der Waals surface area contributed by atoms with E-state index in [9.17, 15) is 0 Å². The van der Waals surface area contributed by atoms with Crippen LogP contribution in [0.3, 0.4) is 0 Å². The minimum absolute atomic E-state index is 0.315. The minimum atomic E-state index is 0.315. The summed E-state index contributed by atoms with van der Waals surface area (Å²) in [7, 11) is 1.72. The summed E-state index contributed by atoms with van der Waals surface area (Å²) in [5.41, 5.74) is 10.5. The number of fused-ring (bicyclic) bond motifs is 1. The van der Waals surface area contributed by atoms with Gasteiger partial charge in [-0.05, 0) is 44.0 Å². The number of aromatic nitrogens is 2. The van der Waals surface area contributed by atoms with Gasteiger partial charge in [0.25, 0.3) is 5.90 Å². The maximum Gasteiger partial charge on any atom is 0.257 e. The third kappa shape index (κ3) is 3.33. The van der Waals surface area contributed by atoms with Gasteiger partial charge in [-0.3, -0.25) is 10.8 Å². The van der Waals surface area contributed by atoms with Crippen molar-refractivity contribution < 1.29 is 4.74 Å². The second kappa shape index (κ2) is 7.67. The van der Waals surface area contributed by atoms with Crippen molar-refractivity contribution in [1.29, 1.82) is 0 Å². The van der Waals surface area contributed by atoms with Crippen molar-refractivity contribution in [3.8, 4) is 0 Å². The fourth-order valence-electron chi connectivity index (χ4n) is 2.73. The Bertz CT molecular complexity index is 951. The molecule has 26 heavy (non-hydrogen) atoms. The van der Waals surface area contributed by atoms with Gasteiger partial charge in [-0.25, -0.2) is 4.98 Å². The molecule has 0 fully saturated rings. The van der Waals surface area contributed by atoms with E-state index in [0.29, 0.717) is 18.2 Å². The maximum atomic E-state index is 5.94. The zero-order valence-corrected chi connectivity index (χ0v) is 16.1. The molecule has 0 radical (unpaired) electrons. The number of thiophene rings is 1. The lowest BCUT2D eigenvalue weighted by molar-refractivity contribution is 0.294. The molecule has 0 aliphatic rings. The molecule has 0 aliphatic carbocycles. The number of nitrogens with one attached hydrogen (secondary N) is 2. The van der Waals surface area contributed by atoms with Gasteiger partial charge in [0, 0.05) is 24.3 Å². The Morgan fingerprint density at radius 3 is 2.73 bits per heavy atom. The first-order valence-corrected chi connectivity index (χ1v) is 9.02. The van der Waals surface area contributed by atoms with E-state index in [1.54, 1.807) is 24.6 Å². The second-order valence-electron chi connectivity index (χ2n) is 5.82. The summed E-state index contributed by atoms with van der Waals surface area (Å²) < 4.78 is 5.94. The molecule has 0 saturated carbocycles. The Labute approximate surface area is 156 Å². The molecule has 7 nitrogen and oxygen atoms in total. The van der Waals surface area contributed by atoms with Gasteiger partial charge in [0.15, 0.2) is 0 Å². The molecule has 3 aromatic rings. The molecule has 3 rings (SSSR count). The monoisotopic (exact) mass is 370 g/mol. The predicted molar refractivity (Wildman–Crippen MR) is 106 cm³/mol. The minimum Gasteiger partial charge on any atom is -0.469 e. The second-order valence-corrected chi connectivity index (χ2v) is 6.90. The third-order valence-corrected chi connectivity index (χ3v) is 5.35. The van der Waals surface area contributed by atoms with Crippen molar-refractivity contribution in [3.05, 3.63) is 51.8 Å². The molecule has 3 aromatic heterocycles. The quantitative estimate of drug-likeness (QED) is 0.276. The van der Waals surface area contributed by atoms with Crippen LogP contribution in [0.4, 0.5) is 5.69 Å². The molecular formula is C18H22N6OS. The molecule has 0 bridgehead atoms. The molecule has 3 heterocycles. The number of nitrogens with zero attached hydrogens (tertiary/aromatic N) is 3. The first kappa shape index (κ1) is 18.1. The first-order valence-electron chi connectivity index (χ1n) is 8.21. The summed E-state index contributed by atoms with van der Waals surface area (Å²) in [5, 5.41) is 5.23. The highest BCUT2D eigenvalue weighted by molar-refractivity contribution is 7.19. The molecule has 4 N–H and O–H groups in total. The van der Waals surface area contributed by atoms with Gasteiger partial charge in [-0.1, -0.05) is 6.07 Å². The van der Waals surface area contributed by atoms with E-state index in [0.717, 1.165) is 26.5 Å². The van der Waals surface area contributed by atoms with Crippen LogP contribution in [-0.4, -0.2) is 22.9 Å². The third-order valence-electron chi connectivity index (χ3n) is 4.29. The molecule has 0 amide bonds. The number of hydrazone groups is 1. The Hall–Kier alpha value is -2.71. The molecule has 0 aliphatic heterocycles. The normalized spacial score (nSPS) is 11.7. The number of hydrazine groups is 1. The van der Waals surface area contributed by atoms with Gasteiger partial charge in [-0.2, -0.15) is 0 Å². The molecular weight excluding hydrogens is 348 g/mol. The Morgan fingerprint density at radius 1 is 1.27 bits per heavy atom. The standard InChI is InChI=1S/C18H22N6OS/c1-10-11(2)15-16(23-19)14(26-18(15)22-12(10)3)9-25-17(24-20-4)13-7-5-6-8-21-13/h5-8,20,23H,9,19H2,1-4H3/b24-17-. The van der Waals surface area contributed by atoms with Crippen LogP contribution in [-0.2, 0) is 11.3 Å². The van der Waals surface area contributed by atoms with Crippen LogP contribution < -0.4 is 16.7 Å². The van der Waals surface area contributed by atoms with Crippen LogP contribution in [0.15, 0.2) is 29.5 Å². The van der Waals surface area contributed by atoms with Crippen LogP contribution in [0.2, 0.25) is 0 Å². The van der Waals surface area contributed by atoms with E-state index in [1.165, 1.54) is 11.1 Å². The summed E-state index contributed by atoms with van der Waals surface area (Å²) in [6, 6.07) is 5.59. The number of hydrogen-bond acceptors (Lipinski definition) is 8. The summed E-state index contributed by atoms with van der Waals surface area (Å²) in [4.78, 5) is 10.9. The van der Waals surface area contributed by atoms with Crippen LogP contribution in [0, 0.1) is 20.8 Å². The van der Waals surface area contributed by atoms with Crippen LogP contribution in [0.5, 0.6) is 0 Å². The number of aryl methyl sites for hydroxylation is 2. The van der Waals surface area contributed by atoms with Crippen molar-refractivity contribution in [1.82, 2.24) is 15.4 Å². The highest BCUT2D eigenvalue weighted by Gasteiger charge is 2.18. The molecule has 136 valence electrons. The number of nitrogen functional groups attached to an aromatic ring is 1. The molecule has 0 saturated heterocycles. The fourth-order valence-corrected chi connectivity index (χ4v) is 3.88. The Balaban J connectivity index is 1.96. The fraction of sp³-hybridized carbons (Fsp3) is 0.278. The van der Waals surface area contributed by atoms with Gasteiger partial charge >= 0.3 is 0 Å². The summed E-state index contributed by atoms with van der Waals surface area (Å²) in [5.74, 6) is 6.23. The van der Waals surface area contributed by atoms with Crippen LogP contribution in [0.1, 0.15) is 27.4 Å². The van der Waals surface area contributed by atoms with E-state index in [2.05, 4.69) is 34.8 Å². The highest BCUT2D eigenvalue weighted by Crippen LogP contribution is 2.38. The Kier molecular flexibility index (Phi) is 5.34. The summed E-state index contributed by atoms with van der Waals surface area (Å²) >= 11 is 1.57. The number of rotatable bonds is 5. The number of pyridine rings is 2. The number of nitrogens with two attached hydrogens (primary N) is 1. The molecule has 0 spiro atoms. The molecule has 8 heteroatoms. The van der Waals surface area contributed by atoms with E-state index in [4.69, 9.17) is 15.6 Å². The number of hydrogen-bond donors (Lipinski definition) is 3. The van der Waals surface area contributed by atoms with Crippen molar-refractivity contribution in [2.75, 3.05) is 12.5 Å². The van der Waals surface area contributed by atoms with Gasteiger partial charge in [0.05, 0.1) is 10.6 Å². The maximum absolute atomic E-state index is 5.94. The zero-order valence-electron chi connectivity index (χ0n) is 15.3. The van der Waals surface area contributed by atoms with Gasteiger partial charge in [-0.15, -0.1) is 16.4 Å². The molecule has 0 aromatic carbocycles. The average Bonchev–Trinajstić information content (AvgIpc) is 3.01. The smallest absolute Gasteiger partial charge is 0.257 e. The van der Waals surface area contributed by atoms with Crippen molar-refractivity contribution in [2.24, 2.45) is 10.9 Å². The number of anilines is 1. The van der Waals surface area contributed by atoms with E-state index >= 15 is 0 Å². The van der Waals surface area contributed by atoms with E-state index in [1.807, 2.05) is 25.1 Å². The van der Waals surface area contributed by atoms with E-state index < -0.39 is 0 Å². The van der Waals surface area contributed by atoms with Crippen molar-refractivity contribution in [2.45, 2.75) is 27.4 Å². The summed E-state index contributed by atoms with van der Waals surface area (Å²) in [6.45, 7) is 6.50. The van der Waals surface area contributed by atoms with Crippen molar-refractivity contribution >= 4 is 33.1 Å². The SMILES string of the molecule is CN/N=C(\OCc1sc2nc(C)c(C)c(C)c2c1NN)c1ccccn1.